The van der Waals surface area contributed by atoms with Gasteiger partial charge in [-0.3, -0.25) is 4.21 Å². The molecule has 0 spiro atoms. The lowest BCUT2D eigenvalue weighted by Crippen LogP contribution is -2.47. The Bertz CT molecular complexity index is 496. The fourth-order valence-corrected chi connectivity index (χ4v) is 5.81. The first-order chi connectivity index (χ1) is 9.49. The summed E-state index contributed by atoms with van der Waals surface area (Å²) in [7, 11) is 3.29. The van der Waals surface area contributed by atoms with Gasteiger partial charge in [-0.15, -0.1) is 0 Å². The van der Waals surface area contributed by atoms with Crippen molar-refractivity contribution in [3.05, 3.63) is 29.8 Å². The molecule has 3 nitrogen and oxygen atoms in total. The van der Waals surface area contributed by atoms with Crippen LogP contribution in [0.15, 0.2) is 24.3 Å². The second kappa shape index (κ2) is 5.15. The van der Waals surface area contributed by atoms with Gasteiger partial charge in [0.05, 0.1) is 5.60 Å². The number of nitrogens with zero attached hydrogens (tertiary/aromatic N) is 1. The summed E-state index contributed by atoms with van der Waals surface area (Å²) in [5, 5.41) is 11.4. The van der Waals surface area contributed by atoms with E-state index in [0.717, 1.165) is 30.5 Å². The van der Waals surface area contributed by atoms with Gasteiger partial charge in [-0.2, -0.15) is 0 Å². The monoisotopic (exact) mass is 293 g/mol. The molecule has 0 aliphatic carbocycles. The molecule has 1 aromatic rings. The van der Waals surface area contributed by atoms with Crippen LogP contribution in [-0.4, -0.2) is 33.9 Å². The van der Waals surface area contributed by atoms with Gasteiger partial charge in [0, 0.05) is 41.1 Å². The van der Waals surface area contributed by atoms with Crippen LogP contribution in [0.25, 0.3) is 0 Å². The Kier molecular flexibility index (Phi) is 3.63. The van der Waals surface area contributed by atoms with Gasteiger partial charge in [0.2, 0.25) is 0 Å². The standard InChI is InChI=1S/C16H23NO2S/c1-17(2)13-8-6-12(7-9-13)16(18)10-14-4-3-5-15(11-16)20(14)19/h6-9,14-15,18H,3-5,10-11H2,1-2H3. The second-order valence-electron chi connectivity index (χ2n) is 6.38. The maximum Gasteiger partial charge on any atom is 0.0919 e. The van der Waals surface area contributed by atoms with Gasteiger partial charge in [0.15, 0.2) is 0 Å². The Labute approximate surface area is 123 Å². The van der Waals surface area contributed by atoms with Crippen molar-refractivity contribution in [2.24, 2.45) is 0 Å². The number of anilines is 1. The largest absolute Gasteiger partial charge is 0.385 e. The molecule has 2 aliphatic rings. The highest BCUT2D eigenvalue weighted by Gasteiger charge is 2.46. The highest BCUT2D eigenvalue weighted by Crippen LogP contribution is 2.44. The van der Waals surface area contributed by atoms with Crippen LogP contribution in [0.1, 0.15) is 37.7 Å². The summed E-state index contributed by atoms with van der Waals surface area (Å²) in [4.78, 5) is 2.05. The topological polar surface area (TPSA) is 40.5 Å². The molecule has 2 fully saturated rings. The molecule has 3 rings (SSSR count). The number of rotatable bonds is 2. The minimum absolute atomic E-state index is 0.182. The number of hydrogen-bond donors (Lipinski definition) is 1. The number of fused-ring (bicyclic) bond motifs is 2. The zero-order chi connectivity index (χ0) is 14.3. The van der Waals surface area contributed by atoms with Crippen LogP contribution in [0.4, 0.5) is 5.69 Å². The Morgan fingerprint density at radius 2 is 1.70 bits per heavy atom. The second-order valence-corrected chi connectivity index (χ2v) is 8.37. The molecule has 110 valence electrons. The van der Waals surface area contributed by atoms with E-state index in [0.29, 0.717) is 12.8 Å². The third-order valence-electron chi connectivity index (χ3n) is 4.76. The van der Waals surface area contributed by atoms with Crippen molar-refractivity contribution < 1.29 is 9.32 Å². The van der Waals surface area contributed by atoms with Crippen molar-refractivity contribution >= 4 is 16.5 Å². The van der Waals surface area contributed by atoms with E-state index in [1.54, 1.807) is 0 Å². The fourth-order valence-electron chi connectivity index (χ4n) is 3.59. The first-order valence-corrected chi connectivity index (χ1v) is 8.67. The third kappa shape index (κ3) is 2.40. The van der Waals surface area contributed by atoms with Crippen molar-refractivity contribution in [3.63, 3.8) is 0 Å². The maximum atomic E-state index is 12.3. The van der Waals surface area contributed by atoms with Gasteiger partial charge >= 0.3 is 0 Å². The lowest BCUT2D eigenvalue weighted by molar-refractivity contribution is 0.00655. The minimum atomic E-state index is -0.783. The molecule has 0 aromatic heterocycles. The molecule has 2 atom stereocenters. The Balaban J connectivity index is 1.87. The van der Waals surface area contributed by atoms with Crippen molar-refractivity contribution in [3.8, 4) is 0 Å². The normalized spacial score (nSPS) is 36.6. The van der Waals surface area contributed by atoms with Gasteiger partial charge in [-0.05, 0) is 43.4 Å². The summed E-state index contributed by atoms with van der Waals surface area (Å²) < 4.78 is 12.3. The van der Waals surface area contributed by atoms with Crippen molar-refractivity contribution in [1.29, 1.82) is 0 Å². The van der Waals surface area contributed by atoms with Gasteiger partial charge in [0.1, 0.15) is 0 Å². The van der Waals surface area contributed by atoms with Crippen molar-refractivity contribution in [2.45, 2.75) is 48.2 Å². The van der Waals surface area contributed by atoms with Crippen LogP contribution in [0.5, 0.6) is 0 Å². The van der Waals surface area contributed by atoms with Crippen LogP contribution in [0.3, 0.4) is 0 Å². The zero-order valence-electron chi connectivity index (χ0n) is 12.2. The third-order valence-corrected chi connectivity index (χ3v) is 6.88. The minimum Gasteiger partial charge on any atom is -0.385 e. The Hall–Kier alpha value is -0.870. The van der Waals surface area contributed by atoms with E-state index in [9.17, 15) is 9.32 Å². The molecule has 2 heterocycles. The molecule has 2 unspecified atom stereocenters. The smallest absolute Gasteiger partial charge is 0.0919 e. The molecular formula is C16H23NO2S. The first kappa shape index (κ1) is 14.1. The number of benzene rings is 1. The van der Waals surface area contributed by atoms with Crippen LogP contribution in [-0.2, 0) is 16.4 Å². The van der Waals surface area contributed by atoms with Crippen LogP contribution >= 0.6 is 0 Å². The average Bonchev–Trinajstić information content (AvgIpc) is 2.41. The fraction of sp³-hybridized carbons (Fsp3) is 0.625. The lowest BCUT2D eigenvalue weighted by atomic mass is 9.80. The summed E-state index contributed by atoms with van der Waals surface area (Å²) in [5.74, 6) is 0. The van der Waals surface area contributed by atoms with Gasteiger partial charge in [-0.25, -0.2) is 0 Å². The summed E-state index contributed by atoms with van der Waals surface area (Å²) in [6.45, 7) is 0. The lowest BCUT2D eigenvalue weighted by Gasteiger charge is -2.43. The van der Waals surface area contributed by atoms with E-state index < -0.39 is 16.4 Å². The predicted molar refractivity (Wildman–Crippen MR) is 83.5 cm³/mol. The highest BCUT2D eigenvalue weighted by atomic mass is 32.2. The number of hydrogen-bond acceptors (Lipinski definition) is 3. The van der Waals surface area contributed by atoms with E-state index in [2.05, 4.69) is 17.0 Å². The molecule has 2 aliphatic heterocycles. The predicted octanol–water partition coefficient (Wildman–Crippen LogP) is 2.40. The van der Waals surface area contributed by atoms with E-state index in [4.69, 9.17) is 0 Å². The SMILES string of the molecule is CN(C)c1ccc(C2(O)CC3CCCC(C2)S3=O)cc1. The van der Waals surface area contributed by atoms with Gasteiger partial charge in [0.25, 0.3) is 0 Å². The molecule has 2 saturated heterocycles. The van der Waals surface area contributed by atoms with E-state index in [1.807, 2.05) is 26.2 Å². The molecule has 2 bridgehead atoms. The maximum absolute atomic E-state index is 12.3. The zero-order valence-corrected chi connectivity index (χ0v) is 13.0. The molecule has 4 heteroatoms. The Morgan fingerprint density at radius 3 is 2.20 bits per heavy atom. The van der Waals surface area contributed by atoms with Gasteiger partial charge in [-0.1, -0.05) is 18.6 Å². The average molecular weight is 293 g/mol. The van der Waals surface area contributed by atoms with Crippen molar-refractivity contribution in [1.82, 2.24) is 0 Å². The van der Waals surface area contributed by atoms with Gasteiger partial charge < -0.3 is 10.0 Å². The first-order valence-electron chi connectivity index (χ1n) is 7.39. The van der Waals surface area contributed by atoms with Crippen LogP contribution in [0.2, 0.25) is 0 Å². The molecule has 1 N–H and O–H groups in total. The molecule has 0 saturated carbocycles. The summed E-state index contributed by atoms with van der Waals surface area (Å²) in [5.41, 5.74) is 1.34. The highest BCUT2D eigenvalue weighted by molar-refractivity contribution is 7.86. The van der Waals surface area contributed by atoms with E-state index in [-0.39, 0.29) is 10.5 Å². The van der Waals surface area contributed by atoms with Crippen LogP contribution < -0.4 is 4.90 Å². The summed E-state index contributed by atoms with van der Waals surface area (Å²) in [6, 6.07) is 8.15. The molecule has 1 aromatic carbocycles. The van der Waals surface area contributed by atoms with Crippen molar-refractivity contribution in [2.75, 3.05) is 19.0 Å². The molecular weight excluding hydrogens is 270 g/mol. The quantitative estimate of drug-likeness (QED) is 0.910. The number of aliphatic hydroxyl groups is 1. The van der Waals surface area contributed by atoms with Crippen LogP contribution in [0, 0.1) is 0 Å². The summed E-state index contributed by atoms with van der Waals surface area (Å²) >= 11 is 0. The Morgan fingerprint density at radius 1 is 1.15 bits per heavy atom. The molecule has 0 amide bonds. The van der Waals surface area contributed by atoms with E-state index in [1.165, 1.54) is 0 Å². The molecule has 0 radical (unpaired) electrons. The summed E-state index contributed by atoms with van der Waals surface area (Å²) in [6.07, 6.45) is 4.47. The molecule has 20 heavy (non-hydrogen) atoms. The van der Waals surface area contributed by atoms with E-state index >= 15 is 0 Å².